The van der Waals surface area contributed by atoms with Crippen LogP contribution in [0.5, 0.6) is 0 Å². The molecule has 2 rings (SSSR count). The molecular weight excluding hydrogens is 292 g/mol. The fraction of sp³-hybridized carbons (Fsp3) is 0.692. The van der Waals surface area contributed by atoms with E-state index in [0.29, 0.717) is 5.16 Å². The molecule has 1 aliphatic carbocycles. The van der Waals surface area contributed by atoms with E-state index in [-0.39, 0.29) is 24.1 Å². The van der Waals surface area contributed by atoms with Crippen LogP contribution in [0.25, 0.3) is 0 Å². The van der Waals surface area contributed by atoms with Gasteiger partial charge >= 0.3 is 5.97 Å². The Balaban J connectivity index is 1.87. The Morgan fingerprint density at radius 1 is 1.52 bits per heavy atom. The van der Waals surface area contributed by atoms with Crippen LogP contribution in [0.3, 0.4) is 0 Å². The van der Waals surface area contributed by atoms with Gasteiger partial charge in [0, 0.05) is 6.04 Å². The molecule has 1 aliphatic rings. The number of aliphatic carboxylic acids is 1. The van der Waals surface area contributed by atoms with Gasteiger partial charge in [0.05, 0.1) is 17.7 Å². The number of nitrogens with zero attached hydrogens (tertiary/aromatic N) is 3. The molecule has 1 fully saturated rings. The van der Waals surface area contributed by atoms with Crippen LogP contribution in [-0.4, -0.2) is 43.0 Å². The normalized spacial score (nSPS) is 16.5. The van der Waals surface area contributed by atoms with Crippen LogP contribution in [0, 0.1) is 0 Å². The highest BCUT2D eigenvalue weighted by Crippen LogP contribution is 2.35. The Labute approximate surface area is 127 Å². The van der Waals surface area contributed by atoms with E-state index in [1.165, 1.54) is 11.8 Å². The maximum absolute atomic E-state index is 12.0. The number of carboxylic acids is 1. The fourth-order valence-corrected chi connectivity index (χ4v) is 3.23. The topological polar surface area (TPSA) is 97.1 Å². The lowest BCUT2D eigenvalue weighted by Gasteiger charge is -2.41. The SMILES string of the molecule is CC(C)n1cnnc1SCC(=O)NC1(CC(=O)O)CCC1. The quantitative estimate of drug-likeness (QED) is 0.740. The van der Waals surface area contributed by atoms with Crippen LogP contribution < -0.4 is 5.32 Å². The van der Waals surface area contributed by atoms with E-state index in [0.717, 1.165) is 19.3 Å². The number of aromatic nitrogens is 3. The molecule has 0 aliphatic heterocycles. The molecule has 0 spiro atoms. The first-order chi connectivity index (χ1) is 9.92. The van der Waals surface area contributed by atoms with Crippen LogP contribution in [-0.2, 0) is 9.59 Å². The monoisotopic (exact) mass is 312 g/mol. The first kappa shape index (κ1) is 15.8. The second-order valence-corrected chi connectivity index (χ2v) is 6.60. The van der Waals surface area contributed by atoms with Crippen LogP contribution in [0.2, 0.25) is 0 Å². The number of thioether (sulfide) groups is 1. The minimum atomic E-state index is -0.873. The van der Waals surface area contributed by atoms with Crippen molar-refractivity contribution in [3.05, 3.63) is 6.33 Å². The molecule has 116 valence electrons. The predicted molar refractivity (Wildman–Crippen MR) is 78.1 cm³/mol. The summed E-state index contributed by atoms with van der Waals surface area (Å²) in [7, 11) is 0. The zero-order valence-electron chi connectivity index (χ0n) is 12.2. The van der Waals surface area contributed by atoms with Crippen molar-refractivity contribution in [3.8, 4) is 0 Å². The summed E-state index contributed by atoms with van der Waals surface area (Å²) in [6.07, 6.45) is 4.06. The Morgan fingerprint density at radius 2 is 2.24 bits per heavy atom. The molecule has 1 aromatic rings. The number of carbonyl (C=O) groups is 2. The van der Waals surface area contributed by atoms with Crippen molar-refractivity contribution in [2.75, 3.05) is 5.75 Å². The average Bonchev–Trinajstić information content (AvgIpc) is 2.81. The highest BCUT2D eigenvalue weighted by atomic mass is 32.2. The molecule has 1 saturated carbocycles. The largest absolute Gasteiger partial charge is 0.481 e. The molecular formula is C13H20N4O3S. The molecule has 0 saturated heterocycles. The second-order valence-electron chi connectivity index (χ2n) is 5.66. The van der Waals surface area contributed by atoms with E-state index in [1.54, 1.807) is 6.33 Å². The van der Waals surface area contributed by atoms with Gasteiger partial charge in [-0.15, -0.1) is 10.2 Å². The summed E-state index contributed by atoms with van der Waals surface area (Å²) < 4.78 is 1.90. The van der Waals surface area contributed by atoms with E-state index in [4.69, 9.17) is 5.11 Å². The summed E-state index contributed by atoms with van der Waals surface area (Å²) in [5.74, 6) is -0.811. The first-order valence-corrected chi connectivity index (χ1v) is 7.95. The van der Waals surface area contributed by atoms with E-state index < -0.39 is 11.5 Å². The smallest absolute Gasteiger partial charge is 0.305 e. The molecule has 0 aromatic carbocycles. The zero-order valence-corrected chi connectivity index (χ0v) is 13.0. The third kappa shape index (κ3) is 3.96. The van der Waals surface area contributed by atoms with E-state index in [9.17, 15) is 9.59 Å². The lowest BCUT2D eigenvalue weighted by Crippen LogP contribution is -2.55. The molecule has 21 heavy (non-hydrogen) atoms. The number of nitrogens with one attached hydrogen (secondary N) is 1. The van der Waals surface area contributed by atoms with Crippen molar-refractivity contribution in [3.63, 3.8) is 0 Å². The predicted octanol–water partition coefficient (Wildman–Crippen LogP) is 1.46. The van der Waals surface area contributed by atoms with Gasteiger partial charge in [0.25, 0.3) is 0 Å². The zero-order chi connectivity index (χ0) is 15.5. The molecule has 8 heteroatoms. The van der Waals surface area contributed by atoms with E-state index >= 15 is 0 Å². The van der Waals surface area contributed by atoms with Crippen LogP contribution >= 0.6 is 11.8 Å². The molecule has 0 bridgehead atoms. The summed E-state index contributed by atoms with van der Waals surface area (Å²) in [4.78, 5) is 22.9. The van der Waals surface area contributed by atoms with Gasteiger partial charge in [-0.25, -0.2) is 0 Å². The first-order valence-electron chi connectivity index (χ1n) is 6.97. The van der Waals surface area contributed by atoms with Gasteiger partial charge in [0.1, 0.15) is 6.33 Å². The number of carbonyl (C=O) groups excluding carboxylic acids is 1. The van der Waals surface area contributed by atoms with Crippen LogP contribution in [0.4, 0.5) is 0 Å². The minimum Gasteiger partial charge on any atom is -0.481 e. The summed E-state index contributed by atoms with van der Waals surface area (Å²) in [6.45, 7) is 4.04. The maximum Gasteiger partial charge on any atom is 0.305 e. The van der Waals surface area contributed by atoms with Gasteiger partial charge < -0.3 is 15.0 Å². The van der Waals surface area contributed by atoms with Gasteiger partial charge in [0.2, 0.25) is 5.91 Å². The summed E-state index contributed by atoms with van der Waals surface area (Å²) >= 11 is 1.31. The van der Waals surface area contributed by atoms with E-state index in [2.05, 4.69) is 15.5 Å². The van der Waals surface area contributed by atoms with Crippen molar-refractivity contribution in [2.24, 2.45) is 0 Å². The van der Waals surface area contributed by atoms with Gasteiger partial charge in [-0.1, -0.05) is 11.8 Å². The Bertz CT molecular complexity index is 525. The van der Waals surface area contributed by atoms with Crippen molar-refractivity contribution in [1.29, 1.82) is 0 Å². The molecule has 0 atom stereocenters. The summed E-state index contributed by atoms with van der Waals surface area (Å²) in [5.41, 5.74) is -0.546. The molecule has 1 amide bonds. The van der Waals surface area contributed by atoms with Gasteiger partial charge in [-0.3, -0.25) is 9.59 Å². The molecule has 0 unspecified atom stereocenters. The minimum absolute atomic E-state index is 0.00835. The second kappa shape index (κ2) is 6.46. The molecule has 7 nitrogen and oxygen atoms in total. The third-order valence-electron chi connectivity index (χ3n) is 3.63. The molecule has 1 heterocycles. The number of hydrogen-bond donors (Lipinski definition) is 2. The van der Waals surface area contributed by atoms with Crippen molar-refractivity contribution in [2.45, 2.75) is 56.3 Å². The third-order valence-corrected chi connectivity index (χ3v) is 4.59. The number of amides is 1. The standard InChI is InChI=1S/C13H20N4O3S/c1-9(2)17-8-14-16-12(17)21-7-10(18)15-13(4-3-5-13)6-11(19)20/h8-9H,3-7H2,1-2H3,(H,15,18)(H,19,20). The van der Waals surface area contributed by atoms with Crippen molar-refractivity contribution >= 4 is 23.6 Å². The summed E-state index contributed by atoms with van der Waals surface area (Å²) in [5, 5.41) is 20.3. The van der Waals surface area contributed by atoms with Gasteiger partial charge in [0.15, 0.2) is 5.16 Å². The number of carboxylic acid groups (broad SMARTS) is 1. The fourth-order valence-electron chi connectivity index (χ4n) is 2.39. The molecule has 1 aromatic heterocycles. The lowest BCUT2D eigenvalue weighted by molar-refractivity contribution is -0.140. The van der Waals surface area contributed by atoms with Crippen LogP contribution in [0.15, 0.2) is 11.5 Å². The maximum atomic E-state index is 12.0. The van der Waals surface area contributed by atoms with Crippen molar-refractivity contribution in [1.82, 2.24) is 20.1 Å². The Morgan fingerprint density at radius 3 is 2.76 bits per heavy atom. The van der Waals surface area contributed by atoms with E-state index in [1.807, 2.05) is 18.4 Å². The number of hydrogen-bond acceptors (Lipinski definition) is 5. The lowest BCUT2D eigenvalue weighted by atomic mass is 9.74. The Kier molecular flexibility index (Phi) is 4.87. The molecule has 2 N–H and O–H groups in total. The average molecular weight is 312 g/mol. The van der Waals surface area contributed by atoms with Crippen molar-refractivity contribution < 1.29 is 14.7 Å². The highest BCUT2D eigenvalue weighted by molar-refractivity contribution is 7.99. The summed E-state index contributed by atoms with van der Waals surface area (Å²) in [6, 6.07) is 0.232. The van der Waals surface area contributed by atoms with Crippen LogP contribution in [0.1, 0.15) is 45.6 Å². The highest BCUT2D eigenvalue weighted by Gasteiger charge is 2.40. The Hall–Kier alpha value is -1.57. The van der Waals surface area contributed by atoms with Gasteiger partial charge in [-0.05, 0) is 33.1 Å². The van der Waals surface area contributed by atoms with Gasteiger partial charge in [-0.2, -0.15) is 0 Å². The number of rotatable bonds is 7. The molecule has 0 radical (unpaired) electrons.